The number of hydrogen-bond donors (Lipinski definition) is 1. The van der Waals surface area contributed by atoms with Gasteiger partial charge in [0.05, 0.1) is 23.0 Å². The van der Waals surface area contributed by atoms with Gasteiger partial charge in [-0.15, -0.1) is 0 Å². The number of hydrogen-bond acceptors (Lipinski definition) is 2. The minimum absolute atomic E-state index is 0.152. The molecule has 0 spiro atoms. The minimum atomic E-state index is -0.246. The van der Waals surface area contributed by atoms with Gasteiger partial charge >= 0.3 is 0 Å². The zero-order valence-electron chi connectivity index (χ0n) is 11.7. The molecule has 1 aromatic carbocycles. The monoisotopic (exact) mass is 295 g/mol. The SMILES string of the molecule is CCCNC(c1cccc(F)c1)c1c(Cl)cnn1CC. The summed E-state index contributed by atoms with van der Waals surface area (Å²) in [5.41, 5.74) is 1.74. The largest absolute Gasteiger partial charge is 0.305 e. The van der Waals surface area contributed by atoms with E-state index in [0.29, 0.717) is 5.02 Å². The molecule has 0 aliphatic rings. The van der Waals surface area contributed by atoms with Crippen LogP contribution < -0.4 is 5.32 Å². The van der Waals surface area contributed by atoms with Gasteiger partial charge in [-0.1, -0.05) is 30.7 Å². The summed E-state index contributed by atoms with van der Waals surface area (Å²) in [6.07, 6.45) is 2.63. The Kier molecular flexibility index (Phi) is 5.15. The fourth-order valence-electron chi connectivity index (χ4n) is 2.26. The van der Waals surface area contributed by atoms with E-state index in [2.05, 4.69) is 17.3 Å². The lowest BCUT2D eigenvalue weighted by molar-refractivity contribution is 0.526. The summed E-state index contributed by atoms with van der Waals surface area (Å²) < 4.78 is 15.3. The van der Waals surface area contributed by atoms with Crippen LogP contribution in [0, 0.1) is 5.82 Å². The van der Waals surface area contributed by atoms with Gasteiger partial charge < -0.3 is 5.32 Å². The maximum Gasteiger partial charge on any atom is 0.123 e. The number of aryl methyl sites for hydroxylation is 1. The maximum absolute atomic E-state index is 13.5. The van der Waals surface area contributed by atoms with Crippen LogP contribution in [-0.2, 0) is 6.54 Å². The molecule has 0 saturated heterocycles. The fourth-order valence-corrected chi connectivity index (χ4v) is 2.51. The van der Waals surface area contributed by atoms with Gasteiger partial charge in [-0.3, -0.25) is 4.68 Å². The molecule has 108 valence electrons. The van der Waals surface area contributed by atoms with E-state index >= 15 is 0 Å². The molecule has 20 heavy (non-hydrogen) atoms. The summed E-state index contributed by atoms with van der Waals surface area (Å²) in [6.45, 7) is 5.65. The molecule has 3 nitrogen and oxygen atoms in total. The first-order valence-corrected chi connectivity index (χ1v) is 7.25. The highest BCUT2D eigenvalue weighted by molar-refractivity contribution is 6.31. The van der Waals surface area contributed by atoms with Crippen molar-refractivity contribution in [2.75, 3.05) is 6.54 Å². The van der Waals surface area contributed by atoms with E-state index in [0.717, 1.165) is 30.8 Å². The summed E-state index contributed by atoms with van der Waals surface area (Å²) in [5, 5.41) is 8.28. The van der Waals surface area contributed by atoms with Crippen LogP contribution >= 0.6 is 11.6 Å². The first-order valence-electron chi connectivity index (χ1n) is 6.87. The van der Waals surface area contributed by atoms with Crippen LogP contribution in [0.25, 0.3) is 0 Å². The molecule has 1 unspecified atom stereocenters. The second kappa shape index (κ2) is 6.86. The van der Waals surface area contributed by atoms with Crippen molar-refractivity contribution in [1.82, 2.24) is 15.1 Å². The summed E-state index contributed by atoms with van der Waals surface area (Å²) in [5.74, 6) is -0.246. The van der Waals surface area contributed by atoms with Gasteiger partial charge in [0, 0.05) is 6.54 Å². The minimum Gasteiger partial charge on any atom is -0.305 e. The molecular weight excluding hydrogens is 277 g/mol. The molecule has 0 radical (unpaired) electrons. The van der Waals surface area contributed by atoms with Gasteiger partial charge in [0.25, 0.3) is 0 Å². The molecule has 0 bridgehead atoms. The van der Waals surface area contributed by atoms with Gasteiger partial charge in [-0.05, 0) is 37.6 Å². The molecule has 1 heterocycles. The third-order valence-corrected chi connectivity index (χ3v) is 3.48. The predicted molar refractivity (Wildman–Crippen MR) is 79.4 cm³/mol. The summed E-state index contributed by atoms with van der Waals surface area (Å²) >= 11 is 6.27. The van der Waals surface area contributed by atoms with Crippen molar-refractivity contribution in [1.29, 1.82) is 0 Å². The highest BCUT2D eigenvalue weighted by Gasteiger charge is 2.21. The van der Waals surface area contributed by atoms with Gasteiger partial charge in [0.15, 0.2) is 0 Å². The molecule has 0 aliphatic carbocycles. The maximum atomic E-state index is 13.5. The lowest BCUT2D eigenvalue weighted by Gasteiger charge is -2.21. The van der Waals surface area contributed by atoms with Gasteiger partial charge in [-0.2, -0.15) is 5.10 Å². The Bertz CT molecular complexity index is 568. The molecule has 1 aromatic heterocycles. The molecular formula is C15H19ClFN3. The van der Waals surface area contributed by atoms with Gasteiger partial charge in [-0.25, -0.2) is 4.39 Å². The van der Waals surface area contributed by atoms with Crippen LogP contribution in [0.4, 0.5) is 4.39 Å². The van der Waals surface area contributed by atoms with E-state index in [9.17, 15) is 4.39 Å². The number of nitrogens with zero attached hydrogens (tertiary/aromatic N) is 2. The highest BCUT2D eigenvalue weighted by Crippen LogP contribution is 2.28. The van der Waals surface area contributed by atoms with Crippen LogP contribution in [0.2, 0.25) is 5.02 Å². The van der Waals surface area contributed by atoms with E-state index in [1.165, 1.54) is 12.1 Å². The van der Waals surface area contributed by atoms with E-state index in [4.69, 9.17) is 11.6 Å². The zero-order chi connectivity index (χ0) is 14.5. The molecule has 0 fully saturated rings. The summed E-state index contributed by atoms with van der Waals surface area (Å²) in [7, 11) is 0. The molecule has 1 N–H and O–H groups in total. The Morgan fingerprint density at radius 1 is 1.40 bits per heavy atom. The van der Waals surface area contributed by atoms with Gasteiger partial charge in [0.1, 0.15) is 5.82 Å². The number of halogens is 2. The molecule has 2 aromatic rings. The second-order valence-electron chi connectivity index (χ2n) is 4.64. The van der Waals surface area contributed by atoms with E-state index in [1.54, 1.807) is 12.3 Å². The third-order valence-electron chi connectivity index (χ3n) is 3.19. The summed E-state index contributed by atoms with van der Waals surface area (Å²) in [4.78, 5) is 0. The van der Waals surface area contributed by atoms with Crippen LogP contribution in [0.15, 0.2) is 30.5 Å². The molecule has 5 heteroatoms. The average molecular weight is 296 g/mol. The Morgan fingerprint density at radius 3 is 2.85 bits per heavy atom. The predicted octanol–water partition coefficient (Wildman–Crippen LogP) is 3.78. The van der Waals surface area contributed by atoms with Crippen molar-refractivity contribution in [2.45, 2.75) is 32.9 Å². The van der Waals surface area contributed by atoms with E-state index in [1.807, 2.05) is 17.7 Å². The Balaban J connectivity index is 2.44. The Morgan fingerprint density at radius 2 is 2.20 bits per heavy atom. The van der Waals surface area contributed by atoms with Crippen molar-refractivity contribution >= 4 is 11.6 Å². The standard InChI is InChI=1S/C15H19ClFN3/c1-3-8-18-14(11-6-5-7-12(17)9-11)15-13(16)10-19-20(15)4-2/h5-7,9-10,14,18H,3-4,8H2,1-2H3. The Labute approximate surface area is 123 Å². The smallest absolute Gasteiger partial charge is 0.123 e. The van der Waals surface area contributed by atoms with Crippen LogP contribution in [0.5, 0.6) is 0 Å². The quantitative estimate of drug-likeness (QED) is 0.879. The Hall–Kier alpha value is -1.39. The van der Waals surface area contributed by atoms with Crippen molar-refractivity contribution in [3.8, 4) is 0 Å². The van der Waals surface area contributed by atoms with Crippen molar-refractivity contribution in [3.63, 3.8) is 0 Å². The first kappa shape index (κ1) is 15.0. The first-order chi connectivity index (χ1) is 9.67. The lowest BCUT2D eigenvalue weighted by atomic mass is 10.0. The zero-order valence-corrected chi connectivity index (χ0v) is 12.5. The highest BCUT2D eigenvalue weighted by atomic mass is 35.5. The summed E-state index contributed by atoms with van der Waals surface area (Å²) in [6, 6.07) is 6.45. The van der Waals surface area contributed by atoms with Gasteiger partial charge in [0.2, 0.25) is 0 Å². The van der Waals surface area contributed by atoms with Crippen LogP contribution in [0.3, 0.4) is 0 Å². The van der Waals surface area contributed by atoms with E-state index < -0.39 is 0 Å². The van der Waals surface area contributed by atoms with Crippen molar-refractivity contribution in [3.05, 3.63) is 52.6 Å². The van der Waals surface area contributed by atoms with Crippen LogP contribution in [0.1, 0.15) is 37.6 Å². The number of nitrogens with one attached hydrogen (secondary N) is 1. The second-order valence-corrected chi connectivity index (χ2v) is 5.04. The number of aromatic nitrogens is 2. The van der Waals surface area contributed by atoms with E-state index in [-0.39, 0.29) is 11.9 Å². The van der Waals surface area contributed by atoms with Crippen molar-refractivity contribution in [2.24, 2.45) is 0 Å². The molecule has 2 rings (SSSR count). The molecule has 0 amide bonds. The number of benzene rings is 1. The molecule has 0 aliphatic heterocycles. The lowest BCUT2D eigenvalue weighted by Crippen LogP contribution is -2.26. The molecule has 0 saturated carbocycles. The van der Waals surface area contributed by atoms with Crippen molar-refractivity contribution < 1.29 is 4.39 Å². The average Bonchev–Trinajstić information content (AvgIpc) is 2.81. The normalized spacial score (nSPS) is 12.6. The molecule has 1 atom stereocenters. The third kappa shape index (κ3) is 3.19. The number of rotatable bonds is 6. The topological polar surface area (TPSA) is 29.9 Å². The van der Waals surface area contributed by atoms with Crippen LogP contribution in [-0.4, -0.2) is 16.3 Å². The fraction of sp³-hybridized carbons (Fsp3) is 0.400.